The molecule has 0 saturated carbocycles. The van der Waals surface area contributed by atoms with Gasteiger partial charge in [0.15, 0.2) is 12.1 Å². The molecule has 8 nitrogen and oxygen atoms in total. The average Bonchev–Trinajstić information content (AvgIpc) is 3.15. The summed E-state index contributed by atoms with van der Waals surface area (Å²) >= 11 is 0. The maximum Gasteiger partial charge on any atom is 0.362 e. The van der Waals surface area contributed by atoms with Crippen molar-refractivity contribution in [3.63, 3.8) is 0 Å². The molecule has 0 aromatic heterocycles. The van der Waals surface area contributed by atoms with E-state index in [4.69, 9.17) is 14.2 Å². The van der Waals surface area contributed by atoms with Gasteiger partial charge in [-0.3, -0.25) is 9.59 Å². The highest BCUT2D eigenvalue weighted by atomic mass is 16.6. The number of rotatable bonds is 36. The molecule has 0 rings (SSSR count). The van der Waals surface area contributed by atoms with Gasteiger partial charge >= 0.3 is 17.9 Å². The van der Waals surface area contributed by atoms with Crippen molar-refractivity contribution in [3.05, 3.63) is 97.2 Å². The summed E-state index contributed by atoms with van der Waals surface area (Å²) in [6.45, 7) is 4.45. The molecule has 0 radical (unpaired) electrons. The number of likely N-dealkylation sites (N-methyl/N-ethyl adjacent to an activating group) is 1. The van der Waals surface area contributed by atoms with E-state index in [-0.39, 0.29) is 49.1 Å². The molecule has 8 heteroatoms. The molecule has 0 saturated heterocycles. The van der Waals surface area contributed by atoms with Crippen molar-refractivity contribution in [1.29, 1.82) is 0 Å². The molecule has 0 amide bonds. The summed E-state index contributed by atoms with van der Waals surface area (Å²) in [5.74, 6) is -1.61. The Kier molecular flexibility index (Phi) is 35.6. The number of carbonyl (C=O) groups excluding carboxylic acids is 2. The molecule has 0 spiro atoms. The van der Waals surface area contributed by atoms with E-state index in [9.17, 15) is 19.5 Å². The number of carboxylic acids is 1. The Morgan fingerprint density at radius 2 is 1.00 bits per heavy atom. The third-order valence-corrected chi connectivity index (χ3v) is 8.72. The Hall–Kier alpha value is -3.75. The lowest BCUT2D eigenvalue weighted by Gasteiger charge is -2.31. The minimum absolute atomic E-state index is 0.0203. The summed E-state index contributed by atoms with van der Waals surface area (Å²) in [4.78, 5) is 36.8. The van der Waals surface area contributed by atoms with Crippen LogP contribution in [-0.4, -0.2) is 80.6 Å². The third-order valence-electron chi connectivity index (χ3n) is 8.72. The van der Waals surface area contributed by atoms with Crippen LogP contribution in [0, 0.1) is 0 Å². The maximum atomic E-state index is 12.6. The summed E-state index contributed by atoms with van der Waals surface area (Å²) in [6.07, 6.45) is 50.4. The lowest BCUT2D eigenvalue weighted by atomic mass is 10.1. The van der Waals surface area contributed by atoms with Crippen LogP contribution in [0.25, 0.3) is 0 Å². The Bertz CT molecular complexity index is 1230. The Labute approximate surface area is 341 Å². The van der Waals surface area contributed by atoms with Gasteiger partial charge in [0.2, 0.25) is 0 Å². The van der Waals surface area contributed by atoms with Gasteiger partial charge in [0.1, 0.15) is 6.61 Å². The van der Waals surface area contributed by atoms with E-state index >= 15 is 0 Å². The van der Waals surface area contributed by atoms with E-state index in [1.807, 2.05) is 21.1 Å². The van der Waals surface area contributed by atoms with Gasteiger partial charge in [-0.05, 0) is 89.9 Å². The summed E-state index contributed by atoms with van der Waals surface area (Å²) in [5.41, 5.74) is 0. The molecular formula is C48H78NO7+. The van der Waals surface area contributed by atoms with Crippen molar-refractivity contribution in [2.24, 2.45) is 0 Å². The van der Waals surface area contributed by atoms with Crippen molar-refractivity contribution in [3.8, 4) is 0 Å². The van der Waals surface area contributed by atoms with Crippen LogP contribution in [0.3, 0.4) is 0 Å². The van der Waals surface area contributed by atoms with E-state index in [0.29, 0.717) is 19.3 Å². The maximum absolute atomic E-state index is 12.6. The number of quaternary nitrogens is 1. The van der Waals surface area contributed by atoms with E-state index in [0.717, 1.165) is 64.2 Å². The summed E-state index contributed by atoms with van der Waals surface area (Å²) in [7, 11) is 5.48. The smallest absolute Gasteiger partial charge is 0.362 e. The largest absolute Gasteiger partial charge is 0.477 e. The van der Waals surface area contributed by atoms with Gasteiger partial charge in [0, 0.05) is 19.3 Å². The molecule has 0 aliphatic heterocycles. The first-order valence-corrected chi connectivity index (χ1v) is 21.3. The number of unbranched alkanes of at least 4 members (excludes halogenated alkanes) is 6. The molecule has 2 unspecified atom stereocenters. The van der Waals surface area contributed by atoms with Gasteiger partial charge in [-0.25, -0.2) is 4.79 Å². The molecule has 0 aromatic rings. The van der Waals surface area contributed by atoms with Crippen LogP contribution >= 0.6 is 0 Å². The molecular weight excluding hydrogens is 703 g/mol. The molecule has 1 N–H and O–H groups in total. The zero-order valence-electron chi connectivity index (χ0n) is 35.8. The quantitative estimate of drug-likeness (QED) is 0.0292. The van der Waals surface area contributed by atoms with Gasteiger partial charge in [-0.15, -0.1) is 0 Å². The highest BCUT2D eigenvalue weighted by molar-refractivity contribution is 5.72. The lowest BCUT2D eigenvalue weighted by molar-refractivity contribution is -0.887. The molecule has 316 valence electrons. The van der Waals surface area contributed by atoms with E-state index in [1.54, 1.807) is 0 Å². The van der Waals surface area contributed by atoms with Crippen molar-refractivity contribution >= 4 is 17.9 Å². The number of carboxylic acid groups (broad SMARTS) is 1. The fraction of sp³-hybridized carbons (Fsp3) is 0.604. The average molecular weight is 781 g/mol. The van der Waals surface area contributed by atoms with Crippen LogP contribution in [-0.2, 0) is 28.6 Å². The molecule has 0 aliphatic rings. The fourth-order valence-corrected chi connectivity index (χ4v) is 5.43. The van der Waals surface area contributed by atoms with Gasteiger partial charge < -0.3 is 23.8 Å². The summed E-state index contributed by atoms with van der Waals surface area (Å²) in [5, 5.41) is 9.60. The predicted molar refractivity (Wildman–Crippen MR) is 233 cm³/mol. The first-order chi connectivity index (χ1) is 27.1. The normalized spacial score (nSPS) is 13.9. The fourth-order valence-electron chi connectivity index (χ4n) is 5.43. The SMILES string of the molecule is CC/C=C/C/C=C/C/C=C/CCCC(=O)OC(COCCC(C(=O)O)[N+](C)(C)C)COC(=O)CCCC/C=C/C/C=C/C/C=C/C/C=C/C/C=C/CCCCC. The Balaban J connectivity index is 4.47. The molecule has 0 fully saturated rings. The second kappa shape index (κ2) is 38.1. The monoisotopic (exact) mass is 781 g/mol. The highest BCUT2D eigenvalue weighted by Crippen LogP contribution is 2.11. The highest BCUT2D eigenvalue weighted by Gasteiger charge is 2.31. The van der Waals surface area contributed by atoms with E-state index in [2.05, 4.69) is 111 Å². The van der Waals surface area contributed by atoms with Crippen LogP contribution in [0.15, 0.2) is 97.2 Å². The van der Waals surface area contributed by atoms with Crippen LogP contribution in [0.4, 0.5) is 0 Å². The van der Waals surface area contributed by atoms with Crippen LogP contribution < -0.4 is 0 Å². The number of esters is 2. The standard InChI is InChI=1S/C48H77NO7/c1-6-8-10-12-14-16-18-19-20-21-22-23-24-25-26-27-29-30-32-34-36-38-46(50)55-43-44(42-54-41-40-45(48(52)53)49(3,4)5)56-47(51)39-37-35-33-31-28-17-15-13-11-9-7-2/h9,11,14-17,19-20,22-23,25-26,29-31,33,44-45H,6-8,10,12-13,18,21,24,27-28,32,34-43H2,1-5H3/p+1/b11-9+,16-14+,17-15+,20-19+,23-22+,26-25+,30-29+,33-31+. The molecule has 2 atom stereocenters. The van der Waals surface area contributed by atoms with Gasteiger partial charge in [-0.1, -0.05) is 124 Å². The van der Waals surface area contributed by atoms with Crippen molar-refractivity contribution < 1.29 is 38.2 Å². The zero-order chi connectivity index (χ0) is 41.4. The molecule has 56 heavy (non-hydrogen) atoms. The summed E-state index contributed by atoms with van der Waals surface area (Å²) < 4.78 is 17.1. The van der Waals surface area contributed by atoms with Gasteiger partial charge in [0.05, 0.1) is 34.4 Å². The number of allylic oxidation sites excluding steroid dienone is 16. The van der Waals surface area contributed by atoms with E-state index < -0.39 is 18.1 Å². The predicted octanol–water partition coefficient (Wildman–Crippen LogP) is 11.5. The number of nitrogens with zero attached hydrogens (tertiary/aromatic N) is 1. The Morgan fingerprint density at radius 1 is 0.554 bits per heavy atom. The number of hydrogen-bond acceptors (Lipinski definition) is 6. The lowest BCUT2D eigenvalue weighted by Crippen LogP contribution is -2.50. The molecule has 0 bridgehead atoms. The second-order valence-electron chi connectivity index (χ2n) is 14.9. The Morgan fingerprint density at radius 3 is 1.46 bits per heavy atom. The van der Waals surface area contributed by atoms with Crippen molar-refractivity contribution in [2.45, 2.75) is 148 Å². The molecule has 0 heterocycles. The van der Waals surface area contributed by atoms with Crippen LogP contribution in [0.5, 0.6) is 0 Å². The van der Waals surface area contributed by atoms with Gasteiger partial charge in [0.25, 0.3) is 0 Å². The minimum Gasteiger partial charge on any atom is -0.477 e. The van der Waals surface area contributed by atoms with Crippen molar-refractivity contribution in [1.82, 2.24) is 0 Å². The number of aliphatic carboxylic acids is 1. The first-order valence-electron chi connectivity index (χ1n) is 21.3. The second-order valence-corrected chi connectivity index (χ2v) is 14.9. The zero-order valence-corrected chi connectivity index (χ0v) is 35.8. The first kappa shape index (κ1) is 52.2. The molecule has 0 aliphatic carbocycles. The summed E-state index contributed by atoms with van der Waals surface area (Å²) in [6, 6.07) is -0.635. The minimum atomic E-state index is -0.894. The number of carbonyl (C=O) groups is 3. The van der Waals surface area contributed by atoms with Crippen molar-refractivity contribution in [2.75, 3.05) is 41.0 Å². The van der Waals surface area contributed by atoms with E-state index in [1.165, 1.54) is 25.7 Å². The van der Waals surface area contributed by atoms with Gasteiger partial charge in [-0.2, -0.15) is 0 Å². The number of hydrogen-bond donors (Lipinski definition) is 1. The topological polar surface area (TPSA) is 99.1 Å². The molecule has 0 aromatic carbocycles. The van der Waals surface area contributed by atoms with Crippen LogP contribution in [0.2, 0.25) is 0 Å². The van der Waals surface area contributed by atoms with Crippen LogP contribution in [0.1, 0.15) is 136 Å². The third kappa shape index (κ3) is 35.9. The number of ether oxygens (including phenoxy) is 3.